The summed E-state index contributed by atoms with van der Waals surface area (Å²) in [5, 5.41) is 3.29. The van der Waals surface area contributed by atoms with Gasteiger partial charge in [-0.15, -0.1) is 0 Å². The molecule has 0 radical (unpaired) electrons. The molecule has 2 rings (SSSR count). The van der Waals surface area contributed by atoms with Gasteiger partial charge in [-0.25, -0.2) is 0 Å². The number of carbonyl (C=O) groups excluding carboxylic acids is 2. The minimum atomic E-state index is -3.42. The fourth-order valence-electron chi connectivity index (χ4n) is 1.74. The molecule has 2 saturated heterocycles. The molecule has 140 valence electrons. The molecule has 13 nitrogen and oxygen atoms in total. The zero-order valence-electron chi connectivity index (χ0n) is 14.3. The molecule has 0 spiro atoms. The molecule has 0 aromatic carbocycles. The molecule has 2 unspecified atom stereocenters. The number of esters is 2. The van der Waals surface area contributed by atoms with E-state index >= 15 is 0 Å². The first-order chi connectivity index (χ1) is 11.7. The second kappa shape index (κ2) is 14.6. The van der Waals surface area contributed by atoms with Crippen molar-refractivity contribution in [3.05, 3.63) is 26.4 Å². The van der Waals surface area contributed by atoms with E-state index in [9.17, 15) is 18.0 Å². The molecule has 0 saturated carbocycles. The number of hydrogen-bond donors (Lipinski definition) is 0. The van der Waals surface area contributed by atoms with Crippen molar-refractivity contribution in [2.75, 3.05) is 19.4 Å². The van der Waals surface area contributed by atoms with Crippen molar-refractivity contribution >= 4 is 22.1 Å². The van der Waals surface area contributed by atoms with E-state index in [2.05, 4.69) is 14.2 Å². The Morgan fingerprint density at radius 1 is 1.12 bits per heavy atom. The zero-order valence-corrected chi connectivity index (χ0v) is 17.2. The van der Waals surface area contributed by atoms with E-state index in [0.29, 0.717) is 25.7 Å². The van der Waals surface area contributed by atoms with Crippen LogP contribution in [0, 0.1) is 0 Å². The van der Waals surface area contributed by atoms with E-state index in [1.54, 1.807) is 0 Å². The number of hydrogen-bond acceptors (Lipinski definition) is 8. The van der Waals surface area contributed by atoms with Gasteiger partial charge in [-0.3, -0.25) is 18.7 Å². The Hall–Kier alpha value is -1.53. The van der Waals surface area contributed by atoms with Crippen LogP contribution >= 0.6 is 0 Å². The molecule has 2 fully saturated rings. The average Bonchev–Trinajstić information content (AvgIpc) is 3.12. The first kappa shape index (κ1) is 26.7. The number of azide groups is 1. The first-order valence-electron chi connectivity index (χ1n) is 6.94. The maximum atomic E-state index is 10.6. The summed E-state index contributed by atoms with van der Waals surface area (Å²) in [5.74, 6) is -0.491. The Labute approximate surface area is 171 Å². The molecule has 0 aliphatic carbocycles. The van der Waals surface area contributed by atoms with E-state index in [1.165, 1.54) is 4.91 Å². The number of carbonyl (C=O) groups is 2. The van der Waals surface area contributed by atoms with Gasteiger partial charge in [0.15, 0.2) is 0 Å². The summed E-state index contributed by atoms with van der Waals surface area (Å²) in [6.07, 6.45) is 2.40. The third-order valence-electron chi connectivity index (χ3n) is 2.75. The summed E-state index contributed by atoms with van der Waals surface area (Å²) < 4.78 is 35.0. The smallest absolute Gasteiger partial charge is 0.462 e. The van der Waals surface area contributed by atoms with Gasteiger partial charge in [-0.05, 0) is 18.4 Å². The number of cyclic esters (lactones) is 2. The Morgan fingerprint density at radius 3 is 1.92 bits per heavy atom. The van der Waals surface area contributed by atoms with Crippen molar-refractivity contribution in [2.45, 2.75) is 37.9 Å². The van der Waals surface area contributed by atoms with Crippen LogP contribution in [-0.4, -0.2) is 52.0 Å². The average molecular weight is 400 g/mol. The SMILES string of the molecule is CS(=O)(=O)OCC1CCC(=O)O1.[N-]=[N+]=NCC1CCC(=O)O1.[N-]=[N+]=[N-].[Na+]. The van der Waals surface area contributed by atoms with Gasteiger partial charge in [0, 0.05) is 17.8 Å². The van der Waals surface area contributed by atoms with Gasteiger partial charge in [0.2, 0.25) is 0 Å². The quantitative estimate of drug-likeness (QED) is 0.134. The van der Waals surface area contributed by atoms with E-state index in [0.717, 1.165) is 6.26 Å². The molecule has 0 aromatic rings. The number of rotatable bonds is 5. The van der Waals surface area contributed by atoms with Crippen LogP contribution < -0.4 is 29.6 Å². The number of ether oxygens (including phenoxy) is 2. The predicted molar refractivity (Wildman–Crippen MR) is 83.1 cm³/mol. The second-order valence-corrected chi connectivity index (χ2v) is 6.44. The minimum absolute atomic E-state index is 0. The fourth-order valence-corrected chi connectivity index (χ4v) is 2.14. The van der Waals surface area contributed by atoms with E-state index < -0.39 is 16.2 Å². The van der Waals surface area contributed by atoms with Crippen LogP contribution in [0.2, 0.25) is 0 Å². The molecule has 2 atom stereocenters. The van der Waals surface area contributed by atoms with Gasteiger partial charge < -0.3 is 20.5 Å². The monoisotopic (exact) mass is 400 g/mol. The summed E-state index contributed by atoms with van der Waals surface area (Å²) in [5.41, 5.74) is 21.4. The first-order valence-corrected chi connectivity index (χ1v) is 8.76. The third-order valence-corrected chi connectivity index (χ3v) is 3.32. The Morgan fingerprint density at radius 2 is 1.58 bits per heavy atom. The Bertz CT molecular complexity index is 645. The van der Waals surface area contributed by atoms with Crippen LogP contribution in [0.15, 0.2) is 5.11 Å². The molecular weight excluding hydrogens is 383 g/mol. The van der Waals surface area contributed by atoms with Gasteiger partial charge in [0.25, 0.3) is 10.1 Å². The molecular formula is C11H17N6NaO7S. The summed E-state index contributed by atoms with van der Waals surface area (Å²) in [4.78, 5) is 25.1. The molecule has 0 amide bonds. The topological polar surface area (TPSA) is 203 Å². The van der Waals surface area contributed by atoms with Crippen molar-refractivity contribution in [1.29, 1.82) is 0 Å². The van der Waals surface area contributed by atoms with Gasteiger partial charge >= 0.3 is 41.5 Å². The van der Waals surface area contributed by atoms with Crippen LogP contribution in [0.3, 0.4) is 0 Å². The Kier molecular flexibility index (Phi) is 15.0. The van der Waals surface area contributed by atoms with Crippen molar-refractivity contribution in [3.8, 4) is 0 Å². The summed E-state index contributed by atoms with van der Waals surface area (Å²) >= 11 is 0. The molecule has 2 heterocycles. The van der Waals surface area contributed by atoms with Crippen molar-refractivity contribution < 1.29 is 61.2 Å². The van der Waals surface area contributed by atoms with Crippen LogP contribution in [0.25, 0.3) is 26.4 Å². The molecule has 0 aromatic heterocycles. The van der Waals surface area contributed by atoms with E-state index in [-0.39, 0.29) is 60.8 Å². The normalized spacial score (nSPS) is 20.5. The molecule has 2 aliphatic heterocycles. The van der Waals surface area contributed by atoms with Crippen LogP contribution in [0.4, 0.5) is 0 Å². The largest absolute Gasteiger partial charge is 1.00 e. The standard InChI is InChI=1S/C6H10O5S.C5H7N3O2.N3.Na/c1-12(8,9)10-4-5-2-3-6(7)11-5;6-8-7-3-4-1-2-5(9)10-4;1-3-2;/h5H,2-4H2,1H3;4H,1-3H2;;/q;;-1;+1. The van der Waals surface area contributed by atoms with Gasteiger partial charge in [0.1, 0.15) is 18.8 Å². The summed E-state index contributed by atoms with van der Waals surface area (Å²) in [7, 11) is -3.42. The maximum absolute atomic E-state index is 10.6. The second-order valence-electron chi connectivity index (χ2n) is 4.79. The minimum Gasteiger partial charge on any atom is -0.462 e. The van der Waals surface area contributed by atoms with Crippen molar-refractivity contribution in [1.82, 2.24) is 0 Å². The molecule has 0 N–H and O–H groups in total. The molecule has 15 heteroatoms. The maximum Gasteiger partial charge on any atom is 1.00 e. The fraction of sp³-hybridized carbons (Fsp3) is 0.818. The van der Waals surface area contributed by atoms with E-state index in [1.807, 2.05) is 0 Å². The Balaban J connectivity index is 0. The van der Waals surface area contributed by atoms with Crippen LogP contribution in [0.5, 0.6) is 0 Å². The van der Waals surface area contributed by atoms with Crippen LogP contribution in [-0.2, 0) is 33.4 Å². The summed E-state index contributed by atoms with van der Waals surface area (Å²) in [6.45, 7) is 0.201. The molecule has 0 bridgehead atoms. The van der Waals surface area contributed by atoms with E-state index in [4.69, 9.17) is 26.1 Å². The third kappa shape index (κ3) is 14.8. The van der Waals surface area contributed by atoms with Crippen molar-refractivity contribution in [2.24, 2.45) is 5.11 Å². The predicted octanol–water partition coefficient (Wildman–Crippen LogP) is -1.46. The van der Waals surface area contributed by atoms with Gasteiger partial charge in [-0.2, -0.15) is 8.42 Å². The van der Waals surface area contributed by atoms with Crippen LogP contribution in [0.1, 0.15) is 25.7 Å². The molecule has 2 aliphatic rings. The molecule has 26 heavy (non-hydrogen) atoms. The van der Waals surface area contributed by atoms with Crippen molar-refractivity contribution in [3.63, 3.8) is 0 Å². The summed E-state index contributed by atoms with van der Waals surface area (Å²) in [6, 6.07) is 0. The zero-order chi connectivity index (χ0) is 19.3. The van der Waals surface area contributed by atoms with Gasteiger partial charge in [0.05, 0.1) is 12.8 Å². The van der Waals surface area contributed by atoms with Gasteiger partial charge in [-0.1, -0.05) is 5.11 Å². The number of nitrogens with zero attached hydrogens (tertiary/aromatic N) is 6.